The van der Waals surface area contributed by atoms with E-state index >= 15 is 0 Å². The molecule has 21 heavy (non-hydrogen) atoms. The van der Waals surface area contributed by atoms with Gasteiger partial charge < -0.3 is 19.5 Å². The second-order valence-corrected chi connectivity index (χ2v) is 5.40. The minimum atomic E-state index is 0.644. The molecule has 118 valence electrons. The summed E-state index contributed by atoms with van der Waals surface area (Å²) in [6, 6.07) is 0. The summed E-state index contributed by atoms with van der Waals surface area (Å²) in [5.41, 5.74) is 0. The fraction of sp³-hybridized carbons (Fsp3) is 0.786. The molecule has 0 spiro atoms. The Bertz CT molecular complexity index is 456. The highest BCUT2D eigenvalue weighted by molar-refractivity contribution is 5.79. The summed E-state index contributed by atoms with van der Waals surface area (Å²) < 4.78 is 10.7. The zero-order valence-electron chi connectivity index (χ0n) is 13.1. The van der Waals surface area contributed by atoms with Crippen LogP contribution in [0.4, 0.5) is 0 Å². The quantitative estimate of drug-likeness (QED) is 0.435. The maximum Gasteiger partial charge on any atom is 0.228 e. The number of rotatable bonds is 8. The smallest absolute Gasteiger partial charge is 0.228 e. The van der Waals surface area contributed by atoms with Crippen LogP contribution in [0.2, 0.25) is 0 Å². The van der Waals surface area contributed by atoms with Crippen molar-refractivity contribution in [2.45, 2.75) is 26.2 Å². The third-order valence-electron chi connectivity index (χ3n) is 3.39. The van der Waals surface area contributed by atoms with Crippen LogP contribution in [-0.4, -0.2) is 61.4 Å². The fourth-order valence-corrected chi connectivity index (χ4v) is 1.95. The van der Waals surface area contributed by atoms with Gasteiger partial charge in [0.1, 0.15) is 0 Å². The van der Waals surface area contributed by atoms with Crippen molar-refractivity contribution in [1.82, 2.24) is 20.4 Å². The standard InChI is InChI=1S/C14H25N5O2/c1-11-17-13(21-18-11)6-7-16-14(15-2)19(3)8-9-20-10-12-4-5-12/h12H,4-10H2,1-3H3,(H,15,16). The van der Waals surface area contributed by atoms with E-state index in [0.717, 1.165) is 31.6 Å². The molecule has 0 saturated heterocycles. The summed E-state index contributed by atoms with van der Waals surface area (Å²) in [7, 11) is 3.79. The Kier molecular flexibility index (Phi) is 5.98. The molecular formula is C14H25N5O2. The van der Waals surface area contributed by atoms with Crippen molar-refractivity contribution in [3.8, 4) is 0 Å². The van der Waals surface area contributed by atoms with E-state index in [1.807, 2.05) is 14.0 Å². The first-order valence-corrected chi connectivity index (χ1v) is 7.47. The van der Waals surface area contributed by atoms with Gasteiger partial charge >= 0.3 is 0 Å². The van der Waals surface area contributed by atoms with Crippen LogP contribution in [0.3, 0.4) is 0 Å². The van der Waals surface area contributed by atoms with Crippen molar-refractivity contribution in [3.63, 3.8) is 0 Å². The lowest BCUT2D eigenvalue weighted by atomic mass is 10.4. The molecule has 0 bridgehead atoms. The highest BCUT2D eigenvalue weighted by Gasteiger charge is 2.21. The van der Waals surface area contributed by atoms with E-state index in [2.05, 4.69) is 25.3 Å². The molecule has 1 heterocycles. The lowest BCUT2D eigenvalue weighted by molar-refractivity contribution is 0.115. The predicted molar refractivity (Wildman–Crippen MR) is 80.3 cm³/mol. The molecule has 1 fully saturated rings. The summed E-state index contributed by atoms with van der Waals surface area (Å²) in [6.45, 7) is 4.98. The number of hydrogen-bond acceptors (Lipinski definition) is 5. The topological polar surface area (TPSA) is 75.8 Å². The number of aliphatic imine (C=N–C) groups is 1. The number of likely N-dealkylation sites (N-methyl/N-ethyl adjacent to an activating group) is 1. The van der Waals surface area contributed by atoms with Crippen molar-refractivity contribution >= 4 is 5.96 Å². The Hall–Kier alpha value is -1.63. The van der Waals surface area contributed by atoms with Gasteiger partial charge in [0, 0.05) is 40.2 Å². The van der Waals surface area contributed by atoms with Crippen molar-refractivity contribution in [3.05, 3.63) is 11.7 Å². The number of aromatic nitrogens is 2. The molecule has 0 atom stereocenters. The number of nitrogens with zero attached hydrogens (tertiary/aromatic N) is 4. The molecule has 7 heteroatoms. The van der Waals surface area contributed by atoms with Crippen LogP contribution < -0.4 is 5.32 Å². The maximum atomic E-state index is 5.64. The molecule has 0 aliphatic heterocycles. The molecule has 1 aromatic rings. The van der Waals surface area contributed by atoms with Gasteiger partial charge in [0.15, 0.2) is 11.8 Å². The highest BCUT2D eigenvalue weighted by Crippen LogP contribution is 2.28. The van der Waals surface area contributed by atoms with Gasteiger partial charge in [-0.2, -0.15) is 4.98 Å². The average molecular weight is 295 g/mol. The zero-order valence-corrected chi connectivity index (χ0v) is 13.1. The predicted octanol–water partition coefficient (Wildman–Crippen LogP) is 0.854. The molecule has 0 unspecified atom stereocenters. The number of nitrogens with one attached hydrogen (secondary N) is 1. The number of ether oxygens (including phenoxy) is 1. The lowest BCUT2D eigenvalue weighted by Gasteiger charge is -2.21. The molecular weight excluding hydrogens is 270 g/mol. The van der Waals surface area contributed by atoms with Crippen LogP contribution >= 0.6 is 0 Å². The summed E-state index contributed by atoms with van der Waals surface area (Å²) >= 11 is 0. The van der Waals surface area contributed by atoms with Crippen LogP contribution in [0.15, 0.2) is 9.52 Å². The molecule has 1 aliphatic rings. The van der Waals surface area contributed by atoms with Gasteiger partial charge in [-0.1, -0.05) is 5.16 Å². The SMILES string of the molecule is CN=C(NCCc1nc(C)no1)N(C)CCOCC1CC1. The first-order valence-electron chi connectivity index (χ1n) is 7.47. The number of hydrogen-bond donors (Lipinski definition) is 1. The highest BCUT2D eigenvalue weighted by atomic mass is 16.5. The molecule has 2 rings (SSSR count). The van der Waals surface area contributed by atoms with Crippen LogP contribution in [0, 0.1) is 12.8 Å². The van der Waals surface area contributed by atoms with E-state index in [-0.39, 0.29) is 0 Å². The minimum Gasteiger partial charge on any atom is -0.379 e. The summed E-state index contributed by atoms with van der Waals surface area (Å²) in [4.78, 5) is 10.5. The fourth-order valence-electron chi connectivity index (χ4n) is 1.95. The Labute approximate surface area is 125 Å². The van der Waals surface area contributed by atoms with Crippen LogP contribution in [0.5, 0.6) is 0 Å². The van der Waals surface area contributed by atoms with E-state index in [1.165, 1.54) is 12.8 Å². The molecule has 0 amide bonds. The van der Waals surface area contributed by atoms with Gasteiger partial charge in [-0.15, -0.1) is 0 Å². The van der Waals surface area contributed by atoms with Crippen molar-refractivity contribution in [2.75, 3.05) is 40.4 Å². The third-order valence-corrected chi connectivity index (χ3v) is 3.39. The first kappa shape index (κ1) is 15.8. The molecule has 1 aromatic heterocycles. The Balaban J connectivity index is 1.61. The number of guanidine groups is 1. The Morgan fingerprint density at radius 3 is 2.95 bits per heavy atom. The van der Waals surface area contributed by atoms with Crippen LogP contribution in [0.25, 0.3) is 0 Å². The van der Waals surface area contributed by atoms with E-state index in [0.29, 0.717) is 24.7 Å². The third kappa shape index (κ3) is 5.71. The summed E-state index contributed by atoms with van der Waals surface area (Å²) in [5.74, 6) is 2.97. The Morgan fingerprint density at radius 2 is 2.33 bits per heavy atom. The summed E-state index contributed by atoms with van der Waals surface area (Å²) in [5, 5.41) is 7.05. The van der Waals surface area contributed by atoms with Gasteiger partial charge in [-0.25, -0.2) is 0 Å². The second-order valence-electron chi connectivity index (χ2n) is 5.40. The zero-order chi connectivity index (χ0) is 15.1. The van der Waals surface area contributed by atoms with Gasteiger partial charge in [0.05, 0.1) is 6.61 Å². The molecule has 0 radical (unpaired) electrons. The van der Waals surface area contributed by atoms with Crippen molar-refractivity contribution < 1.29 is 9.26 Å². The van der Waals surface area contributed by atoms with E-state index in [4.69, 9.17) is 9.26 Å². The lowest BCUT2D eigenvalue weighted by Crippen LogP contribution is -2.41. The van der Waals surface area contributed by atoms with Crippen LogP contribution in [-0.2, 0) is 11.2 Å². The van der Waals surface area contributed by atoms with Crippen molar-refractivity contribution in [1.29, 1.82) is 0 Å². The normalized spacial score (nSPS) is 15.3. The molecule has 1 saturated carbocycles. The van der Waals surface area contributed by atoms with E-state index in [9.17, 15) is 0 Å². The molecule has 7 nitrogen and oxygen atoms in total. The van der Waals surface area contributed by atoms with E-state index in [1.54, 1.807) is 7.05 Å². The van der Waals surface area contributed by atoms with Gasteiger partial charge in [0.2, 0.25) is 5.89 Å². The second kappa shape index (κ2) is 7.97. The molecule has 1 N–H and O–H groups in total. The first-order chi connectivity index (χ1) is 10.2. The summed E-state index contributed by atoms with van der Waals surface area (Å²) in [6.07, 6.45) is 3.34. The van der Waals surface area contributed by atoms with Crippen LogP contribution in [0.1, 0.15) is 24.6 Å². The number of aryl methyl sites for hydroxylation is 1. The molecule has 0 aromatic carbocycles. The molecule has 1 aliphatic carbocycles. The minimum absolute atomic E-state index is 0.644. The monoisotopic (exact) mass is 295 g/mol. The Morgan fingerprint density at radius 1 is 1.52 bits per heavy atom. The van der Waals surface area contributed by atoms with Crippen molar-refractivity contribution in [2.24, 2.45) is 10.9 Å². The van der Waals surface area contributed by atoms with Gasteiger partial charge in [-0.3, -0.25) is 4.99 Å². The van der Waals surface area contributed by atoms with Gasteiger partial charge in [-0.05, 0) is 25.7 Å². The largest absolute Gasteiger partial charge is 0.379 e. The maximum absolute atomic E-state index is 5.64. The van der Waals surface area contributed by atoms with Gasteiger partial charge in [0.25, 0.3) is 0 Å². The average Bonchev–Trinajstić information content (AvgIpc) is 3.21. The van der Waals surface area contributed by atoms with E-state index < -0.39 is 0 Å².